The number of rotatable bonds is 4. The van der Waals surface area contributed by atoms with Gasteiger partial charge in [0, 0.05) is 18.6 Å². The fraction of sp³-hybridized carbons (Fsp3) is 0.643. The topological polar surface area (TPSA) is 69.7 Å². The second kappa shape index (κ2) is 5.01. The van der Waals surface area contributed by atoms with Gasteiger partial charge in [-0.05, 0) is 32.2 Å². The molecule has 0 spiro atoms. The van der Waals surface area contributed by atoms with Gasteiger partial charge in [0.15, 0.2) is 11.5 Å². The summed E-state index contributed by atoms with van der Waals surface area (Å²) in [5, 5.41) is 3.63. The van der Waals surface area contributed by atoms with Crippen LogP contribution < -0.4 is 10.2 Å². The van der Waals surface area contributed by atoms with Crippen LogP contribution >= 0.6 is 0 Å². The monoisotopic (exact) mass is 272 g/mol. The first-order valence-corrected chi connectivity index (χ1v) is 7.56. The Hall–Kier alpha value is -1.69. The molecule has 1 unspecified atom stereocenters. The Bertz CT molecular complexity index is 584. The van der Waals surface area contributed by atoms with Crippen LogP contribution in [0.25, 0.3) is 11.2 Å². The lowest BCUT2D eigenvalue weighted by atomic mass is 10.0. The predicted molar refractivity (Wildman–Crippen MR) is 77.7 cm³/mol. The van der Waals surface area contributed by atoms with E-state index in [1.807, 2.05) is 0 Å². The number of imidazole rings is 1. The molecule has 1 aliphatic carbocycles. The van der Waals surface area contributed by atoms with E-state index in [1.165, 1.54) is 32.1 Å². The third-order valence-electron chi connectivity index (χ3n) is 4.29. The van der Waals surface area contributed by atoms with Crippen molar-refractivity contribution in [1.29, 1.82) is 0 Å². The van der Waals surface area contributed by atoms with Crippen LogP contribution in [0.3, 0.4) is 0 Å². The second-order valence-corrected chi connectivity index (χ2v) is 5.83. The Morgan fingerprint density at radius 1 is 1.15 bits per heavy atom. The van der Waals surface area contributed by atoms with Crippen molar-refractivity contribution >= 4 is 17.0 Å². The number of H-pyrrole nitrogens is 1. The predicted octanol–water partition coefficient (Wildman–Crippen LogP) is 1.46. The molecular weight excluding hydrogens is 252 g/mol. The fourth-order valence-electron chi connectivity index (χ4n) is 3.08. The molecule has 6 heteroatoms. The number of anilines is 1. The SMILES string of the molecule is c1nc(N(CC2CCCCN2)C2CC2)c2[nH]cnc2n1. The molecule has 1 atom stereocenters. The molecule has 0 amide bonds. The van der Waals surface area contributed by atoms with Crippen LogP contribution in [-0.2, 0) is 0 Å². The molecule has 2 N–H and O–H groups in total. The summed E-state index contributed by atoms with van der Waals surface area (Å²) in [7, 11) is 0. The standard InChI is InChI=1S/C14H20N6/c1-2-6-15-10(3-1)7-20(11-4-5-11)14-12-13(17-8-16-12)18-9-19-14/h8-11,15H,1-7H2,(H,16,17,18,19). The summed E-state index contributed by atoms with van der Waals surface area (Å²) in [6.45, 7) is 2.18. The van der Waals surface area contributed by atoms with Gasteiger partial charge < -0.3 is 15.2 Å². The summed E-state index contributed by atoms with van der Waals surface area (Å²) in [6, 6.07) is 1.22. The Kier molecular flexibility index (Phi) is 3.03. The van der Waals surface area contributed by atoms with Gasteiger partial charge in [-0.15, -0.1) is 0 Å². The third kappa shape index (κ3) is 2.24. The van der Waals surface area contributed by atoms with Crippen LogP contribution in [0.15, 0.2) is 12.7 Å². The second-order valence-electron chi connectivity index (χ2n) is 5.83. The van der Waals surface area contributed by atoms with Crippen molar-refractivity contribution in [1.82, 2.24) is 25.3 Å². The Balaban J connectivity index is 1.63. The summed E-state index contributed by atoms with van der Waals surface area (Å²) in [5.41, 5.74) is 1.73. The largest absolute Gasteiger partial charge is 0.350 e. The van der Waals surface area contributed by atoms with Gasteiger partial charge in [-0.25, -0.2) is 15.0 Å². The lowest BCUT2D eigenvalue weighted by molar-refractivity contribution is 0.398. The third-order valence-corrected chi connectivity index (χ3v) is 4.29. The smallest absolute Gasteiger partial charge is 0.182 e. The number of hydrogen-bond donors (Lipinski definition) is 2. The van der Waals surface area contributed by atoms with E-state index >= 15 is 0 Å². The highest BCUT2D eigenvalue weighted by Gasteiger charge is 2.33. The number of aromatic amines is 1. The van der Waals surface area contributed by atoms with Crippen LogP contribution in [0, 0.1) is 0 Å². The Labute approximate surface area is 118 Å². The molecule has 0 bridgehead atoms. The lowest BCUT2D eigenvalue weighted by Gasteiger charge is -2.31. The summed E-state index contributed by atoms with van der Waals surface area (Å²) in [6.07, 6.45) is 9.77. The first-order valence-electron chi connectivity index (χ1n) is 7.56. The summed E-state index contributed by atoms with van der Waals surface area (Å²) >= 11 is 0. The first-order chi connectivity index (χ1) is 9.92. The van der Waals surface area contributed by atoms with E-state index in [1.54, 1.807) is 12.7 Å². The van der Waals surface area contributed by atoms with Gasteiger partial charge in [0.1, 0.15) is 11.8 Å². The molecule has 1 saturated heterocycles. The van der Waals surface area contributed by atoms with Crippen molar-refractivity contribution < 1.29 is 0 Å². The molecular formula is C14H20N6. The van der Waals surface area contributed by atoms with Gasteiger partial charge in [-0.2, -0.15) is 0 Å². The van der Waals surface area contributed by atoms with Crippen molar-refractivity contribution in [2.75, 3.05) is 18.0 Å². The molecule has 2 aromatic heterocycles. The highest BCUT2D eigenvalue weighted by Crippen LogP contribution is 2.33. The number of fused-ring (bicyclic) bond motifs is 1. The Morgan fingerprint density at radius 3 is 2.90 bits per heavy atom. The van der Waals surface area contributed by atoms with Crippen molar-refractivity contribution in [2.24, 2.45) is 0 Å². The molecule has 20 heavy (non-hydrogen) atoms. The van der Waals surface area contributed by atoms with Crippen LogP contribution in [0.1, 0.15) is 32.1 Å². The van der Waals surface area contributed by atoms with Crippen LogP contribution in [0.5, 0.6) is 0 Å². The van der Waals surface area contributed by atoms with Gasteiger partial charge in [0.05, 0.1) is 6.33 Å². The minimum absolute atomic E-state index is 0.581. The summed E-state index contributed by atoms with van der Waals surface area (Å²) in [5.74, 6) is 1.02. The Morgan fingerprint density at radius 2 is 2.10 bits per heavy atom. The van der Waals surface area contributed by atoms with Gasteiger partial charge in [-0.3, -0.25) is 0 Å². The minimum atomic E-state index is 0.581. The molecule has 1 aliphatic heterocycles. The van der Waals surface area contributed by atoms with Crippen molar-refractivity contribution in [3.8, 4) is 0 Å². The van der Waals surface area contributed by atoms with E-state index in [2.05, 4.69) is 30.2 Å². The number of hydrogen-bond acceptors (Lipinski definition) is 5. The molecule has 2 aromatic rings. The van der Waals surface area contributed by atoms with E-state index in [0.29, 0.717) is 12.1 Å². The van der Waals surface area contributed by atoms with Gasteiger partial charge in [-0.1, -0.05) is 6.42 Å². The lowest BCUT2D eigenvalue weighted by Crippen LogP contribution is -2.45. The van der Waals surface area contributed by atoms with E-state index in [9.17, 15) is 0 Å². The van der Waals surface area contributed by atoms with Crippen LogP contribution in [-0.4, -0.2) is 45.1 Å². The van der Waals surface area contributed by atoms with Gasteiger partial charge in [0.2, 0.25) is 0 Å². The zero-order valence-corrected chi connectivity index (χ0v) is 11.5. The highest BCUT2D eigenvalue weighted by molar-refractivity contribution is 5.83. The zero-order valence-electron chi connectivity index (χ0n) is 11.5. The van der Waals surface area contributed by atoms with Crippen molar-refractivity contribution in [3.63, 3.8) is 0 Å². The summed E-state index contributed by atoms with van der Waals surface area (Å²) in [4.78, 5) is 18.6. The van der Waals surface area contributed by atoms with Crippen molar-refractivity contribution in [3.05, 3.63) is 12.7 Å². The van der Waals surface area contributed by atoms with Crippen molar-refractivity contribution in [2.45, 2.75) is 44.2 Å². The van der Waals surface area contributed by atoms with Gasteiger partial charge in [0.25, 0.3) is 0 Å². The molecule has 2 aliphatic rings. The van der Waals surface area contributed by atoms with Gasteiger partial charge >= 0.3 is 0 Å². The van der Waals surface area contributed by atoms with E-state index in [0.717, 1.165) is 30.1 Å². The molecule has 0 aromatic carbocycles. The molecule has 2 fully saturated rings. The quantitative estimate of drug-likeness (QED) is 0.882. The normalized spacial score (nSPS) is 23.1. The number of nitrogens with one attached hydrogen (secondary N) is 2. The van der Waals surface area contributed by atoms with Crippen LogP contribution in [0.2, 0.25) is 0 Å². The summed E-state index contributed by atoms with van der Waals surface area (Å²) < 4.78 is 0. The zero-order chi connectivity index (χ0) is 13.4. The molecule has 6 nitrogen and oxygen atoms in total. The molecule has 3 heterocycles. The average molecular weight is 272 g/mol. The number of nitrogens with zero attached hydrogens (tertiary/aromatic N) is 4. The van der Waals surface area contributed by atoms with E-state index in [4.69, 9.17) is 0 Å². The molecule has 4 rings (SSSR count). The number of piperidine rings is 1. The van der Waals surface area contributed by atoms with E-state index in [-0.39, 0.29) is 0 Å². The maximum Gasteiger partial charge on any atom is 0.182 e. The first kappa shape index (κ1) is 12.1. The fourth-order valence-corrected chi connectivity index (χ4v) is 3.08. The molecule has 1 saturated carbocycles. The van der Waals surface area contributed by atoms with E-state index < -0.39 is 0 Å². The maximum absolute atomic E-state index is 4.52. The highest BCUT2D eigenvalue weighted by atomic mass is 15.3. The molecule has 0 radical (unpaired) electrons. The maximum atomic E-state index is 4.52. The van der Waals surface area contributed by atoms with Crippen LogP contribution in [0.4, 0.5) is 5.82 Å². The molecule has 106 valence electrons. The number of aromatic nitrogens is 4. The minimum Gasteiger partial charge on any atom is -0.350 e. The average Bonchev–Trinajstić information content (AvgIpc) is 3.22.